The molecule has 4 N–H and O–H groups in total. The minimum absolute atomic E-state index is 0.0466. The Labute approximate surface area is 383 Å². The number of aryl methyl sites for hydroxylation is 2. The molecule has 1 fully saturated rings. The number of hydrogen-bond acceptors (Lipinski definition) is 7. The Morgan fingerprint density at radius 2 is 1.26 bits per heavy atom. The first-order chi connectivity index (χ1) is 31.0. The van der Waals surface area contributed by atoms with Gasteiger partial charge >= 0.3 is 12.2 Å². The molecule has 0 saturated carbocycles. The lowest BCUT2D eigenvalue weighted by Crippen LogP contribution is -2.58. The Hall–Kier alpha value is -6.17. The Morgan fingerprint density at radius 3 is 1.86 bits per heavy atom. The summed E-state index contributed by atoms with van der Waals surface area (Å²) >= 11 is 0. The van der Waals surface area contributed by atoms with Crippen LogP contribution in [0.15, 0.2) is 103 Å². The molecule has 4 aromatic carbocycles. The number of benzene rings is 4. The minimum Gasteiger partial charge on any atom is -0.445 e. The van der Waals surface area contributed by atoms with E-state index in [9.17, 15) is 24.0 Å². The summed E-state index contributed by atoms with van der Waals surface area (Å²) in [4.78, 5) is 71.3. The van der Waals surface area contributed by atoms with Crippen LogP contribution < -0.4 is 21.3 Å². The molecule has 1 saturated heterocycles. The molecule has 7 rings (SSSR count). The molecule has 12 nitrogen and oxygen atoms in total. The van der Waals surface area contributed by atoms with Gasteiger partial charge in [-0.15, -0.1) is 0 Å². The van der Waals surface area contributed by atoms with Crippen molar-refractivity contribution in [2.75, 3.05) is 6.54 Å². The molecule has 0 spiro atoms. The smallest absolute Gasteiger partial charge is 0.408 e. The fourth-order valence-electron chi connectivity index (χ4n) is 9.44. The van der Waals surface area contributed by atoms with E-state index in [-0.39, 0.29) is 55.3 Å². The highest BCUT2D eigenvalue weighted by molar-refractivity contribution is 5.93. The van der Waals surface area contributed by atoms with Gasteiger partial charge in [-0.3, -0.25) is 14.4 Å². The summed E-state index contributed by atoms with van der Waals surface area (Å²) in [6.07, 6.45) is 4.58. The highest BCUT2D eigenvalue weighted by Gasteiger charge is 2.46. The number of fused-ring (bicyclic) bond motifs is 2. The van der Waals surface area contributed by atoms with Gasteiger partial charge in [-0.1, -0.05) is 124 Å². The molecule has 0 aromatic heterocycles. The number of alkyl carbamates (subject to hydrolysis) is 2. The van der Waals surface area contributed by atoms with E-state index in [4.69, 9.17) is 9.47 Å². The van der Waals surface area contributed by atoms with Crippen molar-refractivity contribution in [1.29, 1.82) is 0 Å². The van der Waals surface area contributed by atoms with Crippen molar-refractivity contribution in [3.05, 3.63) is 142 Å². The van der Waals surface area contributed by atoms with Gasteiger partial charge in [0, 0.05) is 18.9 Å². The van der Waals surface area contributed by atoms with Crippen LogP contribution in [0.1, 0.15) is 131 Å². The molecule has 12 heteroatoms. The summed E-state index contributed by atoms with van der Waals surface area (Å²) < 4.78 is 11.1. The topological polar surface area (TPSA) is 155 Å². The summed E-state index contributed by atoms with van der Waals surface area (Å²) in [6, 6.07) is 30.4. The predicted octanol–water partition coefficient (Wildman–Crippen LogP) is 8.54. The molecule has 4 aromatic rings. The van der Waals surface area contributed by atoms with Crippen LogP contribution in [0.4, 0.5) is 9.59 Å². The van der Waals surface area contributed by atoms with Crippen LogP contribution in [-0.4, -0.2) is 65.1 Å². The molecular formula is C53H65N5O7. The Morgan fingerprint density at radius 1 is 0.677 bits per heavy atom. The Kier molecular flexibility index (Phi) is 14.6. The van der Waals surface area contributed by atoms with Gasteiger partial charge in [-0.25, -0.2) is 9.59 Å². The number of amides is 5. The average molecular weight is 884 g/mol. The van der Waals surface area contributed by atoms with Gasteiger partial charge in [0.25, 0.3) is 0 Å². The number of hydrogen-bond donors (Lipinski definition) is 4. The van der Waals surface area contributed by atoms with Crippen LogP contribution >= 0.6 is 0 Å². The molecule has 65 heavy (non-hydrogen) atoms. The molecule has 2 aliphatic carbocycles. The van der Waals surface area contributed by atoms with Gasteiger partial charge in [0.05, 0.1) is 12.1 Å². The van der Waals surface area contributed by atoms with Crippen molar-refractivity contribution in [2.45, 2.75) is 141 Å². The molecule has 1 aliphatic heterocycles. The maximum Gasteiger partial charge on any atom is 0.408 e. The quantitative estimate of drug-likeness (QED) is 0.111. The van der Waals surface area contributed by atoms with Crippen molar-refractivity contribution in [3.63, 3.8) is 0 Å². The number of rotatable bonds is 12. The first-order valence-electron chi connectivity index (χ1n) is 23.1. The third kappa shape index (κ3) is 12.1. The highest BCUT2D eigenvalue weighted by atomic mass is 16.6. The van der Waals surface area contributed by atoms with Gasteiger partial charge in [-0.05, 0) is 110 Å². The van der Waals surface area contributed by atoms with Gasteiger partial charge in [-0.2, -0.15) is 0 Å². The van der Waals surface area contributed by atoms with E-state index in [1.54, 1.807) is 25.7 Å². The summed E-state index contributed by atoms with van der Waals surface area (Å²) in [6.45, 7) is 11.3. The second-order valence-electron chi connectivity index (χ2n) is 19.9. The first-order valence-corrected chi connectivity index (χ1v) is 23.1. The predicted molar refractivity (Wildman–Crippen MR) is 250 cm³/mol. The summed E-state index contributed by atoms with van der Waals surface area (Å²) in [5.74, 6) is -1.10. The van der Waals surface area contributed by atoms with Gasteiger partial charge in [0.15, 0.2) is 0 Å². The molecule has 0 bridgehead atoms. The molecule has 3 aliphatic rings. The zero-order chi connectivity index (χ0) is 46.3. The number of nitrogens with zero attached hydrogens (tertiary/aromatic N) is 1. The number of nitrogens with one attached hydrogen (secondary N) is 4. The van der Waals surface area contributed by atoms with E-state index >= 15 is 0 Å². The monoisotopic (exact) mass is 883 g/mol. The molecule has 1 unspecified atom stereocenters. The van der Waals surface area contributed by atoms with Gasteiger partial charge in [0.1, 0.15) is 30.3 Å². The molecule has 1 heterocycles. The van der Waals surface area contributed by atoms with Crippen molar-refractivity contribution in [3.8, 4) is 0 Å². The first kappa shape index (κ1) is 46.8. The fraction of sp³-hybridized carbons (Fsp3) is 0.453. The van der Waals surface area contributed by atoms with Crippen molar-refractivity contribution < 1.29 is 33.4 Å². The third-order valence-electron chi connectivity index (χ3n) is 12.7. The van der Waals surface area contributed by atoms with Crippen LogP contribution in [-0.2, 0) is 49.7 Å². The van der Waals surface area contributed by atoms with Crippen molar-refractivity contribution in [2.24, 2.45) is 5.41 Å². The SMILES string of the molecule is CC(C)(C)OC(=O)N[C@@H](Cc1ccc([C@H]2C[C@@H](C(=O)N[C@@H]3CCCc4ccccc43)N(C(=O)C(NC(=O)OCc3ccccc3)C(C)(C)C)C2)cc1)C(=O)N[C@@H]1CCCc2ccccc21. The summed E-state index contributed by atoms with van der Waals surface area (Å²) in [5, 5.41) is 12.2. The van der Waals surface area contributed by atoms with Crippen molar-refractivity contribution >= 4 is 29.9 Å². The number of ether oxygens (including phenoxy) is 2. The maximum absolute atomic E-state index is 14.8. The largest absolute Gasteiger partial charge is 0.445 e. The maximum atomic E-state index is 14.8. The van der Waals surface area contributed by atoms with E-state index in [1.165, 1.54) is 11.1 Å². The summed E-state index contributed by atoms with van der Waals surface area (Å²) in [5.41, 5.74) is 5.71. The Balaban J connectivity index is 1.10. The minimum atomic E-state index is -0.986. The van der Waals surface area contributed by atoms with Crippen LogP contribution in [0.3, 0.4) is 0 Å². The zero-order valence-electron chi connectivity index (χ0n) is 38.7. The molecule has 6 atom stereocenters. The summed E-state index contributed by atoms with van der Waals surface area (Å²) in [7, 11) is 0. The van der Waals surface area contributed by atoms with Gasteiger partial charge < -0.3 is 35.6 Å². The zero-order valence-corrected chi connectivity index (χ0v) is 38.7. The second kappa shape index (κ2) is 20.3. The van der Waals surface area contributed by atoms with Crippen LogP contribution in [0.25, 0.3) is 0 Å². The molecule has 344 valence electrons. The lowest BCUT2D eigenvalue weighted by molar-refractivity contribution is -0.142. The lowest BCUT2D eigenvalue weighted by Gasteiger charge is -2.36. The average Bonchev–Trinajstić information content (AvgIpc) is 3.73. The second-order valence-corrected chi connectivity index (χ2v) is 19.9. The van der Waals surface area contributed by atoms with Gasteiger partial charge in [0.2, 0.25) is 17.7 Å². The number of carbonyl (C=O) groups is 5. The number of carbonyl (C=O) groups excluding carboxylic acids is 5. The van der Waals surface area contributed by atoms with Crippen LogP contribution in [0.2, 0.25) is 0 Å². The third-order valence-corrected chi connectivity index (χ3v) is 12.7. The van der Waals surface area contributed by atoms with E-state index in [1.807, 2.05) is 99.6 Å². The van der Waals surface area contributed by atoms with E-state index in [2.05, 4.69) is 45.5 Å². The van der Waals surface area contributed by atoms with Crippen LogP contribution in [0, 0.1) is 5.41 Å². The number of likely N-dealkylation sites (tertiary alicyclic amines) is 1. The van der Waals surface area contributed by atoms with E-state index in [0.717, 1.165) is 66.3 Å². The fourth-order valence-corrected chi connectivity index (χ4v) is 9.44. The lowest BCUT2D eigenvalue weighted by atomic mass is 9.85. The van der Waals surface area contributed by atoms with Crippen LogP contribution in [0.5, 0.6) is 0 Å². The molecule has 5 amide bonds. The Bertz CT molecular complexity index is 2320. The normalized spacial score (nSPS) is 20.2. The molecular weight excluding hydrogens is 819 g/mol. The van der Waals surface area contributed by atoms with Crippen molar-refractivity contribution in [1.82, 2.24) is 26.2 Å². The molecule has 0 radical (unpaired) electrons. The van der Waals surface area contributed by atoms with E-state index < -0.39 is 41.3 Å². The standard InChI is InChI=1S/C53H65N5O7/c1-52(2,3)46(57-50(62)64-33-35-16-8-7-9-17-35)49(61)58-32-39(31-45(58)48(60)55-43-25-15-21-38-19-11-13-23-41(38)43)36-28-26-34(27-29-36)30-44(56-51(63)65-53(4,5)6)47(59)54-42-24-14-20-37-18-10-12-22-40(37)42/h7-13,16-19,22-23,26-29,39,42-46H,14-15,20-21,24-25,30-33H2,1-6H3,(H,54,59)(H,55,60)(H,56,63)(H,57,62)/t39-,42+,43+,44-,45-,46?/m0/s1. The van der Waals surface area contributed by atoms with E-state index in [0.29, 0.717) is 6.42 Å². The highest BCUT2D eigenvalue weighted by Crippen LogP contribution is 2.36.